The summed E-state index contributed by atoms with van der Waals surface area (Å²) in [6, 6.07) is -3.74. The van der Waals surface area contributed by atoms with Crippen molar-refractivity contribution in [3.8, 4) is 0 Å². The molecular weight excluding hydrogens is 177 g/mol. The molecule has 0 spiro atoms. The van der Waals surface area contributed by atoms with E-state index in [1.165, 1.54) is 0 Å². The van der Waals surface area contributed by atoms with Crippen LogP contribution in [0.2, 0.25) is 0 Å². The van der Waals surface area contributed by atoms with E-state index >= 15 is 0 Å². The maximum atomic E-state index is 12.4. The Kier molecular flexibility index (Phi) is 1.97. The first kappa shape index (κ1) is 8.85. The summed E-state index contributed by atoms with van der Waals surface area (Å²) < 4.78 is 36.9. The fourth-order valence-corrected chi connectivity index (χ4v) is 0.720. The fourth-order valence-electron chi connectivity index (χ4n) is 0.720. The Morgan fingerprint density at radius 2 is 2.17 bits per heavy atom. The second kappa shape index (κ2) is 2.67. The Hall–Kier alpha value is -1.24. The van der Waals surface area contributed by atoms with Gasteiger partial charge >= 0.3 is 12.0 Å². The summed E-state index contributed by atoms with van der Waals surface area (Å²) in [6.45, 7) is -0.831. The number of carboxylic acid groups (broad SMARTS) is 1. The zero-order valence-electron chi connectivity index (χ0n) is 5.75. The van der Waals surface area contributed by atoms with Crippen LogP contribution in [-0.4, -0.2) is 33.9 Å². The van der Waals surface area contributed by atoms with Gasteiger partial charge in [0.25, 0.3) is 0 Å². The normalized spacial score (nSPS) is 21.8. The quantitative estimate of drug-likeness (QED) is 0.501. The number of halogens is 3. The summed E-state index contributed by atoms with van der Waals surface area (Å²) in [5.74, 6) is -1.39. The fraction of sp³-hybridized carbons (Fsp3) is 0.400. The molecule has 4 nitrogen and oxygen atoms in total. The summed E-state index contributed by atoms with van der Waals surface area (Å²) in [5.41, 5.74) is 0. The lowest BCUT2D eigenvalue weighted by atomic mass is 10.6. The first-order valence-corrected chi connectivity index (χ1v) is 2.95. The van der Waals surface area contributed by atoms with Gasteiger partial charge in [-0.25, -0.2) is 0 Å². The van der Waals surface area contributed by atoms with Gasteiger partial charge in [-0.05, 0) is 0 Å². The monoisotopic (exact) mass is 182 g/mol. The van der Waals surface area contributed by atoms with Crippen LogP contribution in [0.25, 0.3) is 0 Å². The minimum absolute atomic E-state index is 0.266. The van der Waals surface area contributed by atoms with Crippen molar-refractivity contribution in [1.29, 1.82) is 0 Å². The van der Waals surface area contributed by atoms with Gasteiger partial charge in [0, 0.05) is 17.5 Å². The molecule has 68 valence electrons. The molecule has 0 amide bonds. The predicted molar refractivity (Wildman–Crippen MR) is 31.4 cm³/mol. The van der Waals surface area contributed by atoms with E-state index in [1.54, 1.807) is 0 Å². The lowest BCUT2D eigenvalue weighted by molar-refractivity contribution is -0.279. The van der Waals surface area contributed by atoms with Crippen molar-refractivity contribution in [3.63, 3.8) is 0 Å². The average Bonchev–Trinajstić information content (AvgIpc) is 2.15. The number of hydrogen-bond donors (Lipinski definition) is 1. The molecule has 1 aliphatic rings. The van der Waals surface area contributed by atoms with E-state index in [4.69, 9.17) is 5.11 Å². The van der Waals surface area contributed by atoms with Crippen molar-refractivity contribution in [2.24, 2.45) is 0 Å². The molecule has 0 aromatic carbocycles. The molecule has 0 unspecified atom stereocenters. The molecule has 7 heteroatoms. The molecule has 0 aromatic heterocycles. The molecule has 0 atom stereocenters. The molecule has 0 radical (unpaired) electrons. The molecule has 0 bridgehead atoms. The third-order valence-corrected chi connectivity index (χ3v) is 1.22. The van der Waals surface area contributed by atoms with E-state index in [0.29, 0.717) is 6.20 Å². The Morgan fingerprint density at radius 1 is 1.58 bits per heavy atom. The van der Waals surface area contributed by atoms with Crippen LogP contribution in [0.5, 0.6) is 0 Å². The van der Waals surface area contributed by atoms with Crippen molar-refractivity contribution in [1.82, 2.24) is 10.2 Å². The Labute approximate surface area is 65.4 Å². The minimum atomic E-state index is -3.74. The van der Waals surface area contributed by atoms with Crippen molar-refractivity contribution in [2.45, 2.75) is 6.05 Å². The molecule has 1 N–H and O–H groups in total. The van der Waals surface area contributed by atoms with E-state index in [2.05, 4.69) is 0 Å². The molecule has 0 aromatic rings. The molecule has 1 aliphatic heterocycles. The van der Waals surface area contributed by atoms with Crippen LogP contribution < -0.4 is 0 Å². The zero-order chi connectivity index (χ0) is 9.35. The minimum Gasteiger partial charge on any atom is -0.480 e. The number of carboxylic acids is 1. The second-order valence-electron chi connectivity index (χ2n) is 2.15. The highest BCUT2D eigenvalue weighted by molar-refractivity contribution is 5.69. The molecule has 0 saturated heterocycles. The average molecular weight is 182 g/mol. The van der Waals surface area contributed by atoms with Crippen molar-refractivity contribution < 1.29 is 23.2 Å². The molecule has 0 aliphatic carbocycles. The Balaban J connectivity index is 2.62. The highest BCUT2D eigenvalue weighted by Crippen LogP contribution is 2.29. The van der Waals surface area contributed by atoms with Crippen LogP contribution in [0, 0.1) is 0 Å². The molecule has 0 fully saturated rings. The van der Waals surface area contributed by atoms with Gasteiger partial charge < -0.3 is 5.11 Å². The standard InChI is InChI=1S/C5H5F3N2O2/c6-5(7)1-2-9(10(5)8)3-4(11)12/h1-2H,3H2,(H,11,12). The number of alkyl halides is 2. The van der Waals surface area contributed by atoms with Gasteiger partial charge in [0.15, 0.2) is 0 Å². The van der Waals surface area contributed by atoms with Gasteiger partial charge in [-0.1, -0.05) is 0 Å². The van der Waals surface area contributed by atoms with Crippen LogP contribution >= 0.6 is 0 Å². The van der Waals surface area contributed by atoms with Crippen LogP contribution in [0.1, 0.15) is 0 Å². The smallest absolute Gasteiger partial charge is 0.369 e. The summed E-state index contributed by atoms with van der Waals surface area (Å²) >= 11 is 0. The van der Waals surface area contributed by atoms with Gasteiger partial charge in [0.1, 0.15) is 6.54 Å². The summed E-state index contributed by atoms with van der Waals surface area (Å²) in [7, 11) is 0. The molecule has 0 saturated carbocycles. The van der Waals surface area contributed by atoms with E-state index in [-0.39, 0.29) is 11.1 Å². The van der Waals surface area contributed by atoms with Gasteiger partial charge in [0.2, 0.25) is 0 Å². The second-order valence-corrected chi connectivity index (χ2v) is 2.15. The number of aliphatic carboxylic acids is 1. The molecular formula is C5H5F3N2O2. The van der Waals surface area contributed by atoms with Crippen molar-refractivity contribution in [2.75, 3.05) is 6.54 Å². The number of hydrazine groups is 1. The first-order chi connectivity index (χ1) is 5.43. The molecule has 1 heterocycles. The van der Waals surface area contributed by atoms with Crippen molar-refractivity contribution >= 4 is 5.97 Å². The third-order valence-electron chi connectivity index (χ3n) is 1.22. The van der Waals surface area contributed by atoms with E-state index in [0.717, 1.165) is 0 Å². The molecule has 12 heavy (non-hydrogen) atoms. The SMILES string of the molecule is O=C(O)CN1C=CC(F)(F)N1F. The number of rotatable bonds is 2. The van der Waals surface area contributed by atoms with Gasteiger partial charge in [0.05, 0.1) is 0 Å². The highest BCUT2D eigenvalue weighted by atomic mass is 19.3. The highest BCUT2D eigenvalue weighted by Gasteiger charge is 2.44. The Morgan fingerprint density at radius 3 is 2.50 bits per heavy atom. The van der Waals surface area contributed by atoms with Crippen LogP contribution in [0.3, 0.4) is 0 Å². The van der Waals surface area contributed by atoms with Crippen molar-refractivity contribution in [3.05, 3.63) is 12.3 Å². The van der Waals surface area contributed by atoms with Gasteiger partial charge in [-0.2, -0.15) is 8.78 Å². The summed E-state index contributed by atoms with van der Waals surface area (Å²) in [4.78, 5) is 10.00. The van der Waals surface area contributed by atoms with E-state index in [9.17, 15) is 18.1 Å². The largest absolute Gasteiger partial charge is 0.480 e. The first-order valence-electron chi connectivity index (χ1n) is 2.95. The van der Waals surface area contributed by atoms with Gasteiger partial charge in [-0.3, -0.25) is 9.80 Å². The topological polar surface area (TPSA) is 43.8 Å². The number of nitrogens with zero attached hydrogens (tertiary/aromatic N) is 2. The lowest BCUT2D eigenvalue weighted by Gasteiger charge is -2.21. The Bertz CT molecular complexity index is 231. The van der Waals surface area contributed by atoms with Crippen LogP contribution in [0.15, 0.2) is 12.3 Å². The van der Waals surface area contributed by atoms with Crippen LogP contribution in [-0.2, 0) is 4.79 Å². The van der Waals surface area contributed by atoms with E-state index < -0.39 is 23.8 Å². The third kappa shape index (κ3) is 1.50. The maximum absolute atomic E-state index is 12.4. The summed E-state index contributed by atoms with van der Waals surface area (Å²) in [6.07, 6.45) is 0.948. The molecule has 1 rings (SSSR count). The zero-order valence-corrected chi connectivity index (χ0v) is 5.75. The number of hydrogen-bond acceptors (Lipinski definition) is 3. The summed E-state index contributed by atoms with van der Waals surface area (Å²) in [5, 5.41) is 7.48. The lowest BCUT2D eigenvalue weighted by Crippen LogP contribution is -2.41. The maximum Gasteiger partial charge on any atom is 0.369 e. The van der Waals surface area contributed by atoms with E-state index in [1.807, 2.05) is 0 Å². The van der Waals surface area contributed by atoms with Gasteiger partial charge in [-0.15, -0.1) is 4.48 Å². The number of carbonyl (C=O) groups is 1. The predicted octanol–water partition coefficient (Wildman–Crippen LogP) is 0.595. The van der Waals surface area contributed by atoms with Crippen LogP contribution in [0.4, 0.5) is 13.3 Å².